The molecule has 0 aromatic heterocycles. The Morgan fingerprint density at radius 2 is 0.759 bits per heavy atom. The molecule has 0 aliphatic heterocycles. The Labute approximate surface area is 171 Å². The zero-order valence-electron chi connectivity index (χ0n) is 16.1. The van der Waals surface area contributed by atoms with Gasteiger partial charge in [-0.1, -0.05) is 121 Å². The maximum absolute atomic E-state index is 11.0. The van der Waals surface area contributed by atoms with Gasteiger partial charge in [0.2, 0.25) is 0 Å². The van der Waals surface area contributed by atoms with Crippen molar-refractivity contribution in [2.24, 2.45) is 0 Å². The van der Waals surface area contributed by atoms with Crippen LogP contribution in [0.15, 0.2) is 121 Å². The van der Waals surface area contributed by atoms with Crippen molar-refractivity contribution in [1.82, 2.24) is 0 Å². The third-order valence-corrected chi connectivity index (χ3v) is 5.63. The van der Waals surface area contributed by atoms with Crippen LogP contribution >= 0.6 is 0 Å². The summed E-state index contributed by atoms with van der Waals surface area (Å²) in [5.41, 5.74) is 2.70. The molecule has 2 nitrogen and oxygen atoms in total. The molecule has 2 N–H and O–H groups in total. The molecule has 4 rings (SSSR count). The predicted octanol–water partition coefficient (Wildman–Crippen LogP) is 5.12. The van der Waals surface area contributed by atoms with E-state index in [4.69, 9.17) is 0 Å². The maximum Gasteiger partial charge on any atom is 0.166 e. The van der Waals surface area contributed by atoms with Crippen LogP contribution in [0.5, 0.6) is 0 Å². The summed E-state index contributed by atoms with van der Waals surface area (Å²) in [4.78, 5) is 0. The van der Waals surface area contributed by atoms with Gasteiger partial charge in [0.1, 0.15) is 0 Å². The van der Waals surface area contributed by atoms with E-state index in [1.165, 1.54) is 0 Å². The maximum atomic E-state index is 11.0. The van der Waals surface area contributed by atoms with Gasteiger partial charge < -0.3 is 10.2 Å². The van der Waals surface area contributed by atoms with E-state index < -0.39 is 11.7 Å². The first kappa shape index (κ1) is 19.1. The molecule has 4 aromatic carbocycles. The summed E-state index contributed by atoms with van der Waals surface area (Å²) in [6, 6.07) is 39.8. The van der Waals surface area contributed by atoms with Crippen LogP contribution in [0.4, 0.5) is 0 Å². The minimum absolute atomic E-state index is 0.297. The fraction of sp³-hybridized carbons (Fsp3) is 0.111. The fourth-order valence-electron chi connectivity index (χ4n) is 4.38. The molecule has 0 radical (unpaired) electrons. The molecular formula is C27H24O2. The molecule has 29 heavy (non-hydrogen) atoms. The highest BCUT2D eigenvalue weighted by Crippen LogP contribution is 2.49. The van der Waals surface area contributed by atoms with Crippen LogP contribution in [0.3, 0.4) is 0 Å². The largest absolute Gasteiger partial charge is 0.367 e. The Kier molecular flexibility index (Phi) is 5.57. The highest BCUT2D eigenvalue weighted by Gasteiger charge is 2.48. The summed E-state index contributed by atoms with van der Waals surface area (Å²) in [5.74, 6) is -0.297. The summed E-state index contributed by atoms with van der Waals surface area (Å²) in [5, 5.41) is 22.0. The summed E-state index contributed by atoms with van der Waals surface area (Å²) in [6.45, 7) is 0. The van der Waals surface area contributed by atoms with Gasteiger partial charge in [-0.25, -0.2) is 0 Å². The van der Waals surface area contributed by atoms with E-state index >= 15 is 0 Å². The van der Waals surface area contributed by atoms with Crippen LogP contribution in [0.2, 0.25) is 0 Å². The Hall–Kier alpha value is -3.20. The summed E-state index contributed by atoms with van der Waals surface area (Å²) in [6.07, 6.45) is -1.61. The normalized spacial score (nSPS) is 11.7. The van der Waals surface area contributed by atoms with Gasteiger partial charge in [-0.05, 0) is 22.3 Å². The minimum Gasteiger partial charge on any atom is -0.367 e. The smallest absolute Gasteiger partial charge is 0.166 e. The number of hydrogen-bond donors (Lipinski definition) is 2. The average molecular weight is 380 g/mol. The highest BCUT2D eigenvalue weighted by atomic mass is 16.5. The van der Waals surface area contributed by atoms with Crippen molar-refractivity contribution in [3.8, 4) is 0 Å². The summed E-state index contributed by atoms with van der Waals surface area (Å²) < 4.78 is 0. The Balaban J connectivity index is 2.10. The lowest BCUT2D eigenvalue weighted by atomic mass is 9.61. The lowest BCUT2D eigenvalue weighted by Gasteiger charge is -2.44. The van der Waals surface area contributed by atoms with Crippen LogP contribution < -0.4 is 0 Å². The molecular weight excluding hydrogens is 356 g/mol. The van der Waals surface area contributed by atoms with Gasteiger partial charge in [-0.2, -0.15) is 0 Å². The quantitative estimate of drug-likeness (QED) is 0.456. The van der Waals surface area contributed by atoms with Gasteiger partial charge in [0.05, 0.1) is 5.41 Å². The third-order valence-electron chi connectivity index (χ3n) is 5.63. The standard InChI is InChI=1S/C27H24O2/c28-26(29)27(23-17-9-3-10-18-23,24-19-11-4-12-20-24)25(21-13-5-1-6-14-21)22-15-7-2-8-16-22/h1-20,25-26,28-29H. The van der Waals surface area contributed by atoms with Gasteiger partial charge in [0, 0.05) is 5.92 Å². The second-order valence-electron chi connectivity index (χ2n) is 7.23. The van der Waals surface area contributed by atoms with Crippen molar-refractivity contribution >= 4 is 0 Å². The molecule has 4 aromatic rings. The van der Waals surface area contributed by atoms with Crippen molar-refractivity contribution in [3.63, 3.8) is 0 Å². The van der Waals surface area contributed by atoms with Crippen molar-refractivity contribution < 1.29 is 10.2 Å². The highest BCUT2D eigenvalue weighted by molar-refractivity contribution is 5.51. The molecule has 0 aliphatic carbocycles. The second kappa shape index (κ2) is 8.44. The second-order valence-corrected chi connectivity index (χ2v) is 7.23. The zero-order chi connectivity index (χ0) is 20.1. The Bertz CT molecular complexity index is 934. The van der Waals surface area contributed by atoms with Crippen LogP contribution in [0.1, 0.15) is 28.2 Å². The van der Waals surface area contributed by atoms with E-state index in [9.17, 15) is 10.2 Å². The van der Waals surface area contributed by atoms with E-state index in [1.54, 1.807) is 0 Å². The fourth-order valence-corrected chi connectivity index (χ4v) is 4.38. The molecule has 144 valence electrons. The molecule has 0 saturated heterocycles. The van der Waals surface area contributed by atoms with Gasteiger partial charge in [0.15, 0.2) is 6.29 Å². The molecule has 0 bridgehead atoms. The Morgan fingerprint density at radius 1 is 0.448 bits per heavy atom. The molecule has 0 spiro atoms. The summed E-state index contributed by atoms with van der Waals surface area (Å²) in [7, 11) is 0. The molecule has 0 atom stereocenters. The first-order chi connectivity index (χ1) is 14.2. The molecule has 0 unspecified atom stereocenters. The SMILES string of the molecule is OC(O)C(c1ccccc1)(c1ccccc1)C(c1ccccc1)c1ccccc1. The lowest BCUT2D eigenvalue weighted by Crippen LogP contribution is -2.46. The number of hydrogen-bond acceptors (Lipinski definition) is 2. The van der Waals surface area contributed by atoms with E-state index in [1.807, 2.05) is 97.1 Å². The van der Waals surface area contributed by atoms with Crippen LogP contribution in [-0.4, -0.2) is 16.5 Å². The Morgan fingerprint density at radius 3 is 1.07 bits per heavy atom. The predicted molar refractivity (Wildman–Crippen MR) is 117 cm³/mol. The van der Waals surface area contributed by atoms with Gasteiger partial charge in [-0.3, -0.25) is 0 Å². The van der Waals surface area contributed by atoms with Gasteiger partial charge >= 0.3 is 0 Å². The number of aliphatic hydroxyl groups is 2. The number of aliphatic hydroxyl groups excluding tert-OH is 1. The molecule has 0 fully saturated rings. The van der Waals surface area contributed by atoms with E-state index in [2.05, 4.69) is 24.3 Å². The molecule has 0 aliphatic rings. The van der Waals surface area contributed by atoms with Gasteiger partial charge in [0.25, 0.3) is 0 Å². The zero-order valence-corrected chi connectivity index (χ0v) is 16.1. The number of benzene rings is 4. The van der Waals surface area contributed by atoms with E-state index in [-0.39, 0.29) is 5.92 Å². The average Bonchev–Trinajstić information content (AvgIpc) is 2.79. The third kappa shape index (κ3) is 3.49. The van der Waals surface area contributed by atoms with Crippen molar-refractivity contribution in [3.05, 3.63) is 144 Å². The molecule has 0 heterocycles. The minimum atomic E-state index is -1.61. The van der Waals surface area contributed by atoms with Crippen LogP contribution in [0, 0.1) is 0 Å². The van der Waals surface area contributed by atoms with Crippen molar-refractivity contribution in [2.75, 3.05) is 0 Å². The topological polar surface area (TPSA) is 40.5 Å². The van der Waals surface area contributed by atoms with Crippen molar-refractivity contribution in [2.45, 2.75) is 17.6 Å². The van der Waals surface area contributed by atoms with Crippen molar-refractivity contribution in [1.29, 1.82) is 0 Å². The number of rotatable bonds is 6. The molecule has 0 saturated carbocycles. The van der Waals surface area contributed by atoms with Crippen LogP contribution in [0.25, 0.3) is 0 Å². The first-order valence-corrected chi connectivity index (χ1v) is 9.81. The molecule has 0 amide bonds. The van der Waals surface area contributed by atoms with Gasteiger partial charge in [-0.15, -0.1) is 0 Å². The summed E-state index contributed by atoms with van der Waals surface area (Å²) >= 11 is 0. The van der Waals surface area contributed by atoms with E-state index in [0.29, 0.717) is 0 Å². The van der Waals surface area contributed by atoms with Crippen LogP contribution in [-0.2, 0) is 5.41 Å². The monoisotopic (exact) mass is 380 g/mol. The molecule has 2 heteroatoms. The first-order valence-electron chi connectivity index (χ1n) is 9.81. The van der Waals surface area contributed by atoms with E-state index in [0.717, 1.165) is 22.3 Å². The lowest BCUT2D eigenvalue weighted by molar-refractivity contribution is -0.0921.